The fourth-order valence-electron chi connectivity index (χ4n) is 2.61. The van der Waals surface area contributed by atoms with Crippen molar-refractivity contribution in [2.75, 3.05) is 0 Å². The zero-order valence-corrected chi connectivity index (χ0v) is 12.4. The Hall–Kier alpha value is -1.68. The van der Waals surface area contributed by atoms with Crippen molar-refractivity contribution < 1.29 is 4.79 Å². The Bertz CT molecular complexity index is 583. The van der Waals surface area contributed by atoms with Gasteiger partial charge in [0.25, 0.3) is 5.91 Å². The lowest BCUT2D eigenvalue weighted by Gasteiger charge is -2.13. The molecule has 104 valence electrons. The zero-order valence-electron chi connectivity index (χ0n) is 11.6. The first-order valence-electron chi connectivity index (χ1n) is 7.06. The molecule has 0 saturated heterocycles. The zero-order chi connectivity index (χ0) is 13.9. The van der Waals surface area contributed by atoms with Crippen molar-refractivity contribution in [3.05, 3.63) is 51.5 Å². The molecular formula is C16H18N2OS. The molecule has 4 heteroatoms. The molecule has 0 saturated carbocycles. The number of hydrogen-bond acceptors (Lipinski definition) is 3. The van der Waals surface area contributed by atoms with Gasteiger partial charge in [0.2, 0.25) is 0 Å². The Balaban J connectivity index is 1.71. The van der Waals surface area contributed by atoms with Crippen LogP contribution in [0.1, 0.15) is 51.5 Å². The number of nitrogens with one attached hydrogen (secondary N) is 1. The molecule has 1 unspecified atom stereocenters. The fraction of sp³-hybridized carbons (Fsp3) is 0.375. The number of carbonyl (C=O) groups is 1. The summed E-state index contributed by atoms with van der Waals surface area (Å²) in [5.74, 6) is 0.0358. The second-order valence-electron chi connectivity index (χ2n) is 5.24. The molecule has 0 aromatic carbocycles. The largest absolute Gasteiger partial charge is 0.345 e. The minimum atomic E-state index is 0.00429. The molecule has 0 bridgehead atoms. The average Bonchev–Trinajstić information content (AvgIpc) is 2.92. The van der Waals surface area contributed by atoms with Crippen LogP contribution in [0.4, 0.5) is 0 Å². The third-order valence-electron chi connectivity index (χ3n) is 3.77. The molecule has 3 nitrogen and oxygen atoms in total. The number of aromatic nitrogens is 1. The van der Waals surface area contributed by atoms with Crippen LogP contribution in [0.2, 0.25) is 0 Å². The van der Waals surface area contributed by atoms with Crippen LogP contribution < -0.4 is 5.32 Å². The van der Waals surface area contributed by atoms with E-state index in [0.29, 0.717) is 0 Å². The maximum absolute atomic E-state index is 12.3. The number of rotatable bonds is 3. The lowest BCUT2D eigenvalue weighted by Crippen LogP contribution is -2.25. The van der Waals surface area contributed by atoms with Gasteiger partial charge in [-0.1, -0.05) is 0 Å². The van der Waals surface area contributed by atoms with Crippen LogP contribution in [0.5, 0.6) is 0 Å². The van der Waals surface area contributed by atoms with Gasteiger partial charge in [0.15, 0.2) is 0 Å². The van der Waals surface area contributed by atoms with Gasteiger partial charge < -0.3 is 5.32 Å². The van der Waals surface area contributed by atoms with E-state index in [1.54, 1.807) is 23.7 Å². The second-order valence-corrected chi connectivity index (χ2v) is 6.38. The molecule has 1 aliphatic rings. The Morgan fingerprint density at radius 2 is 2.05 bits per heavy atom. The molecule has 0 radical (unpaired) electrons. The molecule has 0 spiro atoms. The Morgan fingerprint density at radius 3 is 2.80 bits per heavy atom. The van der Waals surface area contributed by atoms with Crippen molar-refractivity contribution in [2.24, 2.45) is 0 Å². The van der Waals surface area contributed by atoms with Crippen molar-refractivity contribution in [3.8, 4) is 0 Å². The van der Waals surface area contributed by atoms with E-state index in [1.165, 1.54) is 23.3 Å². The highest BCUT2D eigenvalue weighted by Crippen LogP contribution is 2.29. The van der Waals surface area contributed by atoms with Gasteiger partial charge >= 0.3 is 0 Å². The number of pyridine rings is 1. The number of nitrogens with zero attached hydrogens (tertiary/aromatic N) is 1. The van der Waals surface area contributed by atoms with Crippen LogP contribution in [-0.4, -0.2) is 10.9 Å². The Morgan fingerprint density at radius 1 is 1.30 bits per heavy atom. The Kier molecular flexibility index (Phi) is 3.83. The van der Waals surface area contributed by atoms with Gasteiger partial charge in [-0.25, -0.2) is 0 Å². The molecule has 2 heterocycles. The number of aryl methyl sites for hydroxylation is 2. The maximum Gasteiger partial charge on any atom is 0.261 e. The van der Waals surface area contributed by atoms with E-state index in [2.05, 4.69) is 16.4 Å². The van der Waals surface area contributed by atoms with E-state index in [9.17, 15) is 4.79 Å². The van der Waals surface area contributed by atoms with Crippen LogP contribution in [0.25, 0.3) is 0 Å². The van der Waals surface area contributed by atoms with Gasteiger partial charge in [0.1, 0.15) is 0 Å². The summed E-state index contributed by atoms with van der Waals surface area (Å²) < 4.78 is 0. The van der Waals surface area contributed by atoms with E-state index in [4.69, 9.17) is 0 Å². The molecule has 2 aromatic heterocycles. The van der Waals surface area contributed by atoms with Crippen molar-refractivity contribution >= 4 is 17.2 Å². The number of carbonyl (C=O) groups excluding carboxylic acids is 1. The summed E-state index contributed by atoms with van der Waals surface area (Å²) in [5, 5.41) is 3.07. The van der Waals surface area contributed by atoms with Gasteiger partial charge in [0.05, 0.1) is 10.9 Å². The van der Waals surface area contributed by atoms with E-state index < -0.39 is 0 Å². The summed E-state index contributed by atoms with van der Waals surface area (Å²) in [6, 6.07) is 5.95. The fourth-order valence-corrected chi connectivity index (χ4v) is 3.76. The quantitative estimate of drug-likeness (QED) is 0.938. The normalized spacial score (nSPS) is 15.4. The minimum absolute atomic E-state index is 0.00429. The summed E-state index contributed by atoms with van der Waals surface area (Å²) in [4.78, 5) is 18.6. The second kappa shape index (κ2) is 5.75. The summed E-state index contributed by atoms with van der Waals surface area (Å²) in [6.45, 7) is 2.00. The van der Waals surface area contributed by atoms with E-state index in [-0.39, 0.29) is 11.9 Å². The average molecular weight is 286 g/mol. The van der Waals surface area contributed by atoms with Crippen molar-refractivity contribution in [1.82, 2.24) is 10.3 Å². The van der Waals surface area contributed by atoms with Crippen LogP contribution in [0.15, 0.2) is 30.6 Å². The number of thiophene rings is 1. The summed E-state index contributed by atoms with van der Waals surface area (Å²) in [7, 11) is 0. The summed E-state index contributed by atoms with van der Waals surface area (Å²) in [6.07, 6.45) is 8.26. The highest BCUT2D eigenvalue weighted by molar-refractivity contribution is 7.14. The standard InChI is InChI=1S/C16H18N2OS/c1-11(12-6-8-17-9-7-12)18-16(19)15-10-13-4-2-3-5-14(13)20-15/h6-11H,2-5H2,1H3,(H,18,19). The third-order valence-corrected chi connectivity index (χ3v) is 5.01. The smallest absolute Gasteiger partial charge is 0.261 e. The van der Waals surface area contributed by atoms with Crippen molar-refractivity contribution in [3.63, 3.8) is 0 Å². The molecule has 20 heavy (non-hydrogen) atoms. The lowest BCUT2D eigenvalue weighted by atomic mass is 9.99. The molecule has 1 N–H and O–H groups in total. The molecule has 3 rings (SSSR count). The molecule has 0 fully saturated rings. The van der Waals surface area contributed by atoms with Gasteiger partial charge in [0, 0.05) is 17.3 Å². The third kappa shape index (κ3) is 2.75. The highest BCUT2D eigenvalue weighted by atomic mass is 32.1. The topological polar surface area (TPSA) is 42.0 Å². The Labute approximate surface area is 123 Å². The molecule has 1 amide bonds. The first-order valence-corrected chi connectivity index (χ1v) is 7.88. The van der Waals surface area contributed by atoms with Crippen LogP contribution in [0.3, 0.4) is 0 Å². The lowest BCUT2D eigenvalue weighted by molar-refractivity contribution is 0.0944. The summed E-state index contributed by atoms with van der Waals surface area (Å²) >= 11 is 1.66. The molecule has 2 aromatic rings. The molecule has 1 aliphatic carbocycles. The van der Waals surface area contributed by atoms with Crippen molar-refractivity contribution in [1.29, 1.82) is 0 Å². The van der Waals surface area contributed by atoms with Crippen LogP contribution >= 0.6 is 11.3 Å². The first kappa shape index (κ1) is 13.3. The summed E-state index contributed by atoms with van der Waals surface area (Å²) in [5.41, 5.74) is 2.46. The number of amides is 1. The predicted octanol–water partition coefficient (Wildman–Crippen LogP) is 3.51. The minimum Gasteiger partial charge on any atom is -0.345 e. The SMILES string of the molecule is CC(NC(=O)c1cc2c(s1)CCCC2)c1ccncc1. The van der Waals surface area contributed by atoms with E-state index in [1.807, 2.05) is 19.1 Å². The first-order chi connectivity index (χ1) is 9.74. The highest BCUT2D eigenvalue weighted by Gasteiger charge is 2.18. The van der Waals surface area contributed by atoms with Gasteiger partial charge in [-0.15, -0.1) is 11.3 Å². The van der Waals surface area contributed by atoms with Crippen LogP contribution in [0, 0.1) is 0 Å². The van der Waals surface area contributed by atoms with Gasteiger partial charge in [-0.2, -0.15) is 0 Å². The van der Waals surface area contributed by atoms with Crippen molar-refractivity contribution in [2.45, 2.75) is 38.6 Å². The monoisotopic (exact) mass is 286 g/mol. The predicted molar refractivity (Wildman–Crippen MR) is 81.1 cm³/mol. The van der Waals surface area contributed by atoms with Gasteiger partial charge in [-0.3, -0.25) is 9.78 Å². The number of hydrogen-bond donors (Lipinski definition) is 1. The van der Waals surface area contributed by atoms with E-state index in [0.717, 1.165) is 23.3 Å². The molecule has 1 atom stereocenters. The van der Waals surface area contributed by atoms with Gasteiger partial charge in [-0.05, 0) is 61.9 Å². The molecule has 0 aliphatic heterocycles. The van der Waals surface area contributed by atoms with Crippen LogP contribution in [-0.2, 0) is 12.8 Å². The molecular weight excluding hydrogens is 268 g/mol. The maximum atomic E-state index is 12.3. The van der Waals surface area contributed by atoms with E-state index >= 15 is 0 Å². The number of fused-ring (bicyclic) bond motifs is 1.